The molecule has 0 spiro atoms. The number of aromatic nitrogens is 1. The molecule has 1 atom stereocenters. The Morgan fingerprint density at radius 1 is 1.21 bits per heavy atom. The van der Waals surface area contributed by atoms with Crippen molar-refractivity contribution in [3.63, 3.8) is 0 Å². The maximum atomic E-state index is 9.47. The molecule has 1 fully saturated rings. The van der Waals surface area contributed by atoms with Crippen molar-refractivity contribution in [2.75, 3.05) is 19.6 Å². The van der Waals surface area contributed by atoms with E-state index in [1.165, 1.54) is 20.5 Å². The lowest BCUT2D eigenvalue weighted by Gasteiger charge is -2.35. The molecule has 0 radical (unpaired) electrons. The normalized spacial score (nSPS) is 17.1. The van der Waals surface area contributed by atoms with E-state index in [0.29, 0.717) is 5.92 Å². The zero-order valence-electron chi connectivity index (χ0n) is 13.9. The highest BCUT2D eigenvalue weighted by molar-refractivity contribution is 7.19. The summed E-state index contributed by atoms with van der Waals surface area (Å²) < 4.78 is 1.36. The summed E-state index contributed by atoms with van der Waals surface area (Å²) in [7, 11) is 0. The van der Waals surface area contributed by atoms with Crippen molar-refractivity contribution in [3.05, 3.63) is 64.8 Å². The fraction of sp³-hybridized carbons (Fsp3) is 0.350. The Hall–Kier alpha value is -1.75. The molecule has 124 valence electrons. The summed E-state index contributed by atoms with van der Waals surface area (Å²) in [5.74, 6) is 0.291. The molecular weight excluding hydrogens is 316 g/mol. The molecule has 1 aromatic carbocycles. The van der Waals surface area contributed by atoms with Gasteiger partial charge in [-0.25, -0.2) is 0 Å². The van der Waals surface area contributed by atoms with Gasteiger partial charge in [0.15, 0.2) is 0 Å². The minimum absolute atomic E-state index is 0.126. The van der Waals surface area contributed by atoms with Gasteiger partial charge in [-0.15, -0.1) is 11.3 Å². The summed E-state index contributed by atoms with van der Waals surface area (Å²) >= 11 is 1.91. The molecule has 0 bridgehead atoms. The van der Waals surface area contributed by atoms with Crippen molar-refractivity contribution in [2.24, 2.45) is 0 Å². The van der Waals surface area contributed by atoms with E-state index in [9.17, 15) is 5.11 Å². The number of hydrogen-bond donors (Lipinski definition) is 1. The van der Waals surface area contributed by atoms with Crippen LogP contribution >= 0.6 is 11.3 Å². The van der Waals surface area contributed by atoms with Crippen LogP contribution in [0.4, 0.5) is 0 Å². The van der Waals surface area contributed by atoms with Gasteiger partial charge in [0.05, 0.1) is 6.10 Å². The monoisotopic (exact) mass is 338 g/mol. The maximum absolute atomic E-state index is 9.47. The highest BCUT2D eigenvalue weighted by atomic mass is 32.1. The molecule has 4 rings (SSSR count). The fourth-order valence-corrected chi connectivity index (χ4v) is 4.83. The highest BCUT2D eigenvalue weighted by Gasteiger charge is 2.25. The number of benzene rings is 1. The fourth-order valence-electron chi connectivity index (χ4n) is 3.54. The van der Waals surface area contributed by atoms with E-state index in [1.54, 1.807) is 0 Å². The van der Waals surface area contributed by atoms with Crippen LogP contribution in [0, 0.1) is 0 Å². The predicted molar refractivity (Wildman–Crippen MR) is 99.7 cm³/mol. The molecule has 1 unspecified atom stereocenters. The van der Waals surface area contributed by atoms with Crippen molar-refractivity contribution >= 4 is 21.4 Å². The van der Waals surface area contributed by atoms with E-state index in [2.05, 4.69) is 53.2 Å². The molecule has 3 nitrogen and oxygen atoms in total. The first-order valence-electron chi connectivity index (χ1n) is 8.54. The summed E-state index contributed by atoms with van der Waals surface area (Å²) in [5.41, 5.74) is 2.55. The summed E-state index contributed by atoms with van der Waals surface area (Å²) in [5, 5.41) is 10.8. The number of aliphatic hydroxyl groups excluding tert-OH is 1. The van der Waals surface area contributed by atoms with E-state index in [0.717, 1.165) is 31.7 Å². The Labute approximate surface area is 146 Å². The first kappa shape index (κ1) is 15.8. The van der Waals surface area contributed by atoms with Crippen LogP contribution in [0.1, 0.15) is 29.0 Å². The molecule has 24 heavy (non-hydrogen) atoms. The second-order valence-corrected chi connectivity index (χ2v) is 7.71. The van der Waals surface area contributed by atoms with Crippen LogP contribution in [-0.4, -0.2) is 40.7 Å². The molecule has 4 heteroatoms. The van der Waals surface area contributed by atoms with Crippen LogP contribution in [-0.2, 0) is 6.42 Å². The SMILES string of the molecule is CC(c1ccccn1)c1c(CCN2CC(O)C2)sc2ccccc12. The van der Waals surface area contributed by atoms with Crippen molar-refractivity contribution in [1.82, 2.24) is 9.88 Å². The topological polar surface area (TPSA) is 36.4 Å². The molecule has 1 N–H and O–H groups in total. The lowest BCUT2D eigenvalue weighted by Crippen LogP contribution is -2.51. The summed E-state index contributed by atoms with van der Waals surface area (Å²) in [6.45, 7) is 4.91. The van der Waals surface area contributed by atoms with Crippen molar-refractivity contribution < 1.29 is 5.11 Å². The summed E-state index contributed by atoms with van der Waals surface area (Å²) in [4.78, 5) is 8.35. The molecule has 2 aromatic heterocycles. The smallest absolute Gasteiger partial charge is 0.0793 e. The number of rotatable bonds is 5. The third-order valence-electron chi connectivity index (χ3n) is 4.87. The van der Waals surface area contributed by atoms with Crippen LogP contribution in [0.2, 0.25) is 0 Å². The van der Waals surface area contributed by atoms with Crippen LogP contribution in [0.3, 0.4) is 0 Å². The van der Waals surface area contributed by atoms with Gasteiger partial charge in [-0.05, 0) is 35.6 Å². The minimum Gasteiger partial charge on any atom is -0.390 e. The molecule has 3 heterocycles. The van der Waals surface area contributed by atoms with E-state index in [4.69, 9.17) is 0 Å². The van der Waals surface area contributed by atoms with Gasteiger partial charge >= 0.3 is 0 Å². The maximum Gasteiger partial charge on any atom is 0.0793 e. The van der Waals surface area contributed by atoms with Gasteiger partial charge in [0.1, 0.15) is 0 Å². The van der Waals surface area contributed by atoms with E-state index in [1.807, 2.05) is 23.6 Å². The molecular formula is C20H22N2OS. The number of hydrogen-bond acceptors (Lipinski definition) is 4. The average Bonchev–Trinajstić information content (AvgIpc) is 2.96. The van der Waals surface area contributed by atoms with Crippen LogP contribution in [0.15, 0.2) is 48.7 Å². The van der Waals surface area contributed by atoms with E-state index < -0.39 is 0 Å². The van der Waals surface area contributed by atoms with E-state index in [-0.39, 0.29) is 6.10 Å². The summed E-state index contributed by atoms with van der Waals surface area (Å²) in [6, 6.07) is 14.8. The zero-order valence-corrected chi connectivity index (χ0v) is 14.7. The number of fused-ring (bicyclic) bond motifs is 1. The largest absolute Gasteiger partial charge is 0.390 e. The highest BCUT2D eigenvalue weighted by Crippen LogP contribution is 2.38. The number of likely N-dealkylation sites (tertiary alicyclic amines) is 1. The minimum atomic E-state index is -0.126. The molecule has 1 aliphatic heterocycles. The Balaban J connectivity index is 1.67. The second-order valence-electron chi connectivity index (χ2n) is 6.57. The Morgan fingerprint density at radius 2 is 2.00 bits per heavy atom. The van der Waals surface area contributed by atoms with Crippen LogP contribution in [0.25, 0.3) is 10.1 Å². The lowest BCUT2D eigenvalue weighted by molar-refractivity contribution is 0.00319. The lowest BCUT2D eigenvalue weighted by atomic mass is 9.93. The number of β-amino-alcohol motifs (C(OH)–C–C–N with tert-alkyl or cyclic N) is 1. The van der Waals surface area contributed by atoms with Gasteiger partial charge in [-0.3, -0.25) is 9.88 Å². The zero-order chi connectivity index (χ0) is 16.5. The van der Waals surface area contributed by atoms with Crippen molar-refractivity contribution in [3.8, 4) is 0 Å². The van der Waals surface area contributed by atoms with E-state index >= 15 is 0 Å². The first-order valence-corrected chi connectivity index (χ1v) is 9.35. The van der Waals surface area contributed by atoms with Gasteiger partial charge in [0.25, 0.3) is 0 Å². The molecule has 1 saturated heterocycles. The van der Waals surface area contributed by atoms with Gasteiger partial charge in [-0.1, -0.05) is 31.2 Å². The molecule has 3 aromatic rings. The Bertz CT molecular complexity index is 824. The van der Waals surface area contributed by atoms with Crippen molar-refractivity contribution in [1.29, 1.82) is 0 Å². The van der Waals surface area contributed by atoms with Crippen molar-refractivity contribution in [2.45, 2.75) is 25.4 Å². The van der Waals surface area contributed by atoms with Gasteiger partial charge in [-0.2, -0.15) is 0 Å². The molecule has 1 aliphatic rings. The number of aliphatic hydroxyl groups is 1. The molecule has 0 amide bonds. The van der Waals surface area contributed by atoms with Gasteiger partial charge < -0.3 is 5.11 Å². The van der Waals surface area contributed by atoms with Gasteiger partial charge in [0, 0.05) is 47.0 Å². The molecule has 0 aliphatic carbocycles. The third kappa shape index (κ3) is 2.97. The first-order chi connectivity index (χ1) is 11.7. The van der Waals surface area contributed by atoms with Gasteiger partial charge in [0.2, 0.25) is 0 Å². The standard InChI is InChI=1S/C20H22N2OS/c1-14(17-7-4-5-10-21-17)20-16-6-2-3-8-18(16)24-19(20)9-11-22-12-15(23)13-22/h2-8,10,14-15,23H,9,11-13H2,1H3. The summed E-state index contributed by atoms with van der Waals surface area (Å²) in [6.07, 6.45) is 2.79. The number of thiophene rings is 1. The predicted octanol–water partition coefficient (Wildman–Crippen LogP) is 3.67. The average molecular weight is 338 g/mol. The van der Waals surface area contributed by atoms with Crippen LogP contribution < -0.4 is 0 Å². The number of pyridine rings is 1. The Morgan fingerprint density at radius 3 is 2.75 bits per heavy atom. The third-order valence-corrected chi connectivity index (χ3v) is 6.11. The Kier molecular flexibility index (Phi) is 4.35. The van der Waals surface area contributed by atoms with Crippen LogP contribution in [0.5, 0.6) is 0 Å². The second kappa shape index (κ2) is 6.63. The molecule has 0 saturated carbocycles. The quantitative estimate of drug-likeness (QED) is 0.771. The number of nitrogens with zero attached hydrogens (tertiary/aromatic N) is 2.